The largest absolute Gasteiger partial charge is 0.477 e. The van der Waals surface area contributed by atoms with E-state index in [1.54, 1.807) is 17.9 Å². The average molecular weight is 286 g/mol. The van der Waals surface area contributed by atoms with Crippen LogP contribution in [0, 0.1) is 0 Å². The summed E-state index contributed by atoms with van der Waals surface area (Å²) in [4.78, 5) is 26.8. The highest BCUT2D eigenvalue weighted by Crippen LogP contribution is 2.24. The summed E-state index contributed by atoms with van der Waals surface area (Å²) in [5.41, 5.74) is 0.656. The quantitative estimate of drug-likeness (QED) is 0.639. The molecule has 0 aliphatic carbocycles. The number of rotatable bonds is 5. The van der Waals surface area contributed by atoms with Crippen molar-refractivity contribution in [3.63, 3.8) is 0 Å². The maximum Gasteiger partial charge on any atom is 0.362 e. The summed E-state index contributed by atoms with van der Waals surface area (Å²) in [6, 6.07) is -0.596. The molecular formula is C12H20N3O3S+. The lowest BCUT2D eigenvalue weighted by molar-refractivity contribution is -0.887. The van der Waals surface area contributed by atoms with Crippen LogP contribution in [0.5, 0.6) is 0 Å². The molecule has 0 aliphatic rings. The highest BCUT2D eigenvalue weighted by Gasteiger charge is 2.33. The fourth-order valence-corrected chi connectivity index (χ4v) is 2.47. The highest BCUT2D eigenvalue weighted by molar-refractivity contribution is 8.13. The molecule has 0 spiro atoms. The Hall–Kier alpha value is -1.34. The Morgan fingerprint density at radius 3 is 2.47 bits per heavy atom. The molecule has 0 aromatic carbocycles. The zero-order chi connectivity index (χ0) is 14.8. The Morgan fingerprint density at radius 2 is 2.05 bits per heavy atom. The number of carbonyl (C=O) groups is 2. The molecule has 0 fully saturated rings. The van der Waals surface area contributed by atoms with Crippen molar-refractivity contribution in [1.82, 2.24) is 9.55 Å². The monoisotopic (exact) mass is 286 g/mol. The molecule has 0 bridgehead atoms. The van der Waals surface area contributed by atoms with Gasteiger partial charge in [0.05, 0.1) is 39.6 Å². The standard InChI is InChI=1S/C12H19N3O3S/c1-8(16)19-11-9(13-7-14(11)2)6-10(12(17)18)15(3,4)5/h7,10H,6H2,1-5H3/p+1. The lowest BCUT2D eigenvalue weighted by Crippen LogP contribution is -2.51. The number of carboxylic acids is 1. The zero-order valence-corrected chi connectivity index (χ0v) is 12.7. The molecule has 0 saturated heterocycles. The van der Waals surface area contributed by atoms with Gasteiger partial charge in [-0.15, -0.1) is 0 Å². The van der Waals surface area contributed by atoms with Crippen LogP contribution in [-0.4, -0.2) is 57.4 Å². The molecule has 0 aliphatic heterocycles. The van der Waals surface area contributed by atoms with E-state index in [0.717, 1.165) is 11.8 Å². The van der Waals surface area contributed by atoms with E-state index in [1.165, 1.54) is 6.92 Å². The van der Waals surface area contributed by atoms with Gasteiger partial charge in [0.15, 0.2) is 11.2 Å². The number of imidazole rings is 1. The molecule has 19 heavy (non-hydrogen) atoms. The van der Waals surface area contributed by atoms with Gasteiger partial charge in [0.2, 0.25) is 0 Å². The lowest BCUT2D eigenvalue weighted by Gasteiger charge is -2.30. The summed E-state index contributed by atoms with van der Waals surface area (Å²) in [5.74, 6) is -0.864. The van der Waals surface area contributed by atoms with E-state index in [2.05, 4.69) is 4.98 Å². The van der Waals surface area contributed by atoms with Gasteiger partial charge in [0.1, 0.15) is 5.03 Å². The number of carbonyl (C=O) groups excluding carboxylic acids is 1. The molecule has 7 heteroatoms. The van der Waals surface area contributed by atoms with Crippen molar-refractivity contribution in [1.29, 1.82) is 0 Å². The maximum atomic E-state index is 11.4. The van der Waals surface area contributed by atoms with Crippen molar-refractivity contribution in [2.75, 3.05) is 21.1 Å². The molecule has 0 radical (unpaired) electrons. The van der Waals surface area contributed by atoms with Crippen LogP contribution >= 0.6 is 11.8 Å². The van der Waals surface area contributed by atoms with Crippen molar-refractivity contribution >= 4 is 22.8 Å². The van der Waals surface area contributed by atoms with Gasteiger partial charge in [-0.05, 0) is 11.8 Å². The van der Waals surface area contributed by atoms with Crippen LogP contribution in [0.3, 0.4) is 0 Å². The number of quaternary nitrogens is 1. The van der Waals surface area contributed by atoms with Crippen LogP contribution in [0.1, 0.15) is 12.6 Å². The molecule has 106 valence electrons. The topological polar surface area (TPSA) is 72.2 Å². The van der Waals surface area contributed by atoms with Crippen molar-refractivity contribution < 1.29 is 19.2 Å². The Balaban J connectivity index is 3.04. The van der Waals surface area contributed by atoms with E-state index in [4.69, 9.17) is 0 Å². The minimum Gasteiger partial charge on any atom is -0.477 e. The van der Waals surface area contributed by atoms with Gasteiger partial charge in [-0.3, -0.25) is 4.79 Å². The van der Waals surface area contributed by atoms with Crippen LogP contribution in [-0.2, 0) is 23.1 Å². The Labute approximate surface area is 117 Å². The van der Waals surface area contributed by atoms with Gasteiger partial charge in [0.25, 0.3) is 0 Å². The minimum atomic E-state index is -0.864. The molecule has 1 rings (SSSR count). The van der Waals surface area contributed by atoms with Gasteiger partial charge >= 0.3 is 5.97 Å². The molecular weight excluding hydrogens is 266 g/mol. The summed E-state index contributed by atoms with van der Waals surface area (Å²) >= 11 is 1.08. The van der Waals surface area contributed by atoms with Crippen molar-refractivity contribution in [3.05, 3.63) is 12.0 Å². The van der Waals surface area contributed by atoms with E-state index < -0.39 is 12.0 Å². The van der Waals surface area contributed by atoms with Crippen LogP contribution in [0.25, 0.3) is 0 Å². The average Bonchev–Trinajstić information content (AvgIpc) is 2.54. The van der Waals surface area contributed by atoms with Gasteiger partial charge in [0, 0.05) is 14.0 Å². The highest BCUT2D eigenvalue weighted by atomic mass is 32.2. The predicted molar refractivity (Wildman–Crippen MR) is 72.9 cm³/mol. The number of aromatic nitrogens is 2. The third-order valence-electron chi connectivity index (χ3n) is 2.80. The molecule has 1 N–H and O–H groups in total. The molecule has 6 nitrogen and oxygen atoms in total. The number of likely N-dealkylation sites (N-methyl/N-ethyl adjacent to an activating group) is 1. The van der Waals surface area contributed by atoms with Gasteiger partial charge in [-0.25, -0.2) is 9.78 Å². The van der Waals surface area contributed by atoms with Crippen LogP contribution in [0.2, 0.25) is 0 Å². The zero-order valence-electron chi connectivity index (χ0n) is 11.9. The number of hydrogen-bond acceptors (Lipinski definition) is 4. The van der Waals surface area contributed by atoms with E-state index in [-0.39, 0.29) is 5.12 Å². The van der Waals surface area contributed by atoms with E-state index in [0.29, 0.717) is 21.6 Å². The third-order valence-corrected chi connectivity index (χ3v) is 3.81. The fourth-order valence-electron chi connectivity index (χ4n) is 1.75. The van der Waals surface area contributed by atoms with Gasteiger partial charge in [-0.2, -0.15) is 0 Å². The Morgan fingerprint density at radius 1 is 1.47 bits per heavy atom. The van der Waals surface area contributed by atoms with Crippen LogP contribution < -0.4 is 0 Å². The lowest BCUT2D eigenvalue weighted by atomic mass is 10.1. The predicted octanol–water partition coefficient (Wildman–Crippen LogP) is 0.761. The first kappa shape index (κ1) is 15.7. The first-order chi connectivity index (χ1) is 8.62. The summed E-state index contributed by atoms with van der Waals surface area (Å²) in [7, 11) is 7.29. The second-order valence-corrected chi connectivity index (χ2v) is 6.54. The summed E-state index contributed by atoms with van der Waals surface area (Å²) in [5, 5.41) is 10.0. The maximum absolute atomic E-state index is 11.4. The molecule has 0 amide bonds. The van der Waals surface area contributed by atoms with Crippen LogP contribution in [0.4, 0.5) is 0 Å². The van der Waals surface area contributed by atoms with Crippen LogP contribution in [0.15, 0.2) is 11.4 Å². The van der Waals surface area contributed by atoms with E-state index >= 15 is 0 Å². The fraction of sp³-hybridized carbons (Fsp3) is 0.583. The SMILES string of the molecule is CC(=O)Sc1c(CC(C(=O)O)[N+](C)(C)C)ncn1C. The van der Waals surface area contributed by atoms with Gasteiger partial charge < -0.3 is 14.2 Å². The summed E-state index contributed by atoms with van der Waals surface area (Å²) in [6.07, 6.45) is 1.91. The second kappa shape index (κ2) is 5.75. The molecule has 1 unspecified atom stereocenters. The summed E-state index contributed by atoms with van der Waals surface area (Å²) < 4.78 is 2.05. The molecule has 1 aromatic rings. The molecule has 1 atom stereocenters. The number of aryl methyl sites for hydroxylation is 1. The van der Waals surface area contributed by atoms with E-state index in [1.807, 2.05) is 21.1 Å². The normalized spacial score (nSPS) is 13.3. The number of aliphatic carboxylic acids is 1. The number of thioether (sulfide) groups is 1. The molecule has 1 aromatic heterocycles. The Bertz CT molecular complexity index is 491. The van der Waals surface area contributed by atoms with Crippen molar-refractivity contribution in [2.24, 2.45) is 7.05 Å². The number of carboxylic acid groups (broad SMARTS) is 1. The second-order valence-electron chi connectivity index (χ2n) is 5.38. The summed E-state index contributed by atoms with van der Waals surface area (Å²) in [6.45, 7) is 1.48. The van der Waals surface area contributed by atoms with E-state index in [9.17, 15) is 14.7 Å². The number of nitrogens with zero attached hydrogens (tertiary/aromatic N) is 3. The Kier molecular flexibility index (Phi) is 4.75. The number of hydrogen-bond donors (Lipinski definition) is 1. The van der Waals surface area contributed by atoms with Crippen molar-refractivity contribution in [3.8, 4) is 0 Å². The first-order valence-corrected chi connectivity index (χ1v) is 6.67. The smallest absolute Gasteiger partial charge is 0.362 e. The first-order valence-electron chi connectivity index (χ1n) is 5.85. The third kappa shape index (κ3) is 4.07. The minimum absolute atomic E-state index is 0.0398. The molecule has 1 heterocycles. The molecule has 0 saturated carbocycles. The van der Waals surface area contributed by atoms with Crippen molar-refractivity contribution in [2.45, 2.75) is 24.4 Å². The van der Waals surface area contributed by atoms with Gasteiger partial charge in [-0.1, -0.05) is 0 Å².